The number of hydrogen-bond donors (Lipinski definition) is 1. The number of nitrogens with zero attached hydrogens (tertiary/aromatic N) is 2. The molecule has 0 aliphatic carbocycles. The zero-order valence-corrected chi connectivity index (χ0v) is 7.89. The first-order valence-electron chi connectivity index (χ1n) is 4.93. The van der Waals surface area contributed by atoms with Gasteiger partial charge in [0.25, 0.3) is 0 Å². The second-order valence-corrected chi connectivity index (χ2v) is 3.96. The van der Waals surface area contributed by atoms with Crippen molar-refractivity contribution in [2.45, 2.75) is 18.6 Å². The Morgan fingerprint density at radius 1 is 1.36 bits per heavy atom. The summed E-state index contributed by atoms with van der Waals surface area (Å²) in [4.78, 5) is 6.40. The Bertz CT molecular complexity index is 322. The van der Waals surface area contributed by atoms with Crippen molar-refractivity contribution in [3.05, 3.63) is 18.3 Å². The molecule has 3 aliphatic rings. The molecule has 2 bridgehead atoms. The lowest BCUT2D eigenvalue weighted by Crippen LogP contribution is -2.57. The Morgan fingerprint density at radius 2 is 2.07 bits per heavy atom. The lowest BCUT2D eigenvalue weighted by atomic mass is 9.98. The van der Waals surface area contributed by atoms with E-state index >= 15 is 0 Å². The molecule has 4 rings (SSSR count). The molecule has 2 atom stereocenters. The van der Waals surface area contributed by atoms with Crippen LogP contribution in [0.15, 0.2) is 18.3 Å². The number of nitrogens with two attached hydrogens (primary N) is 1. The molecule has 0 saturated carbocycles. The minimum atomic E-state index is 0.436. The molecule has 4 heterocycles. The second-order valence-electron chi connectivity index (χ2n) is 3.96. The molecule has 74 valence electrons. The average molecular weight is 191 g/mol. The van der Waals surface area contributed by atoms with Crippen molar-refractivity contribution < 1.29 is 4.74 Å². The summed E-state index contributed by atoms with van der Waals surface area (Å²) in [7, 11) is 0. The molecule has 14 heavy (non-hydrogen) atoms. The van der Waals surface area contributed by atoms with E-state index in [4.69, 9.17) is 10.5 Å². The first kappa shape index (κ1) is 8.05. The Labute approximate surface area is 82.7 Å². The number of hydrogen-bond acceptors (Lipinski definition) is 4. The molecule has 2 unspecified atom stereocenters. The summed E-state index contributed by atoms with van der Waals surface area (Å²) < 4.78 is 5.56. The van der Waals surface area contributed by atoms with Gasteiger partial charge in [-0.3, -0.25) is 0 Å². The van der Waals surface area contributed by atoms with Gasteiger partial charge in [-0.15, -0.1) is 0 Å². The molecule has 3 aliphatic heterocycles. The van der Waals surface area contributed by atoms with E-state index in [9.17, 15) is 0 Å². The van der Waals surface area contributed by atoms with Crippen LogP contribution in [0.4, 0.5) is 11.5 Å². The number of morpholine rings is 1. The van der Waals surface area contributed by atoms with Crippen LogP contribution in [-0.4, -0.2) is 30.3 Å². The quantitative estimate of drug-likeness (QED) is 0.707. The van der Waals surface area contributed by atoms with Crippen LogP contribution < -0.4 is 10.6 Å². The van der Waals surface area contributed by atoms with Crippen LogP contribution in [0.25, 0.3) is 0 Å². The maximum absolute atomic E-state index is 5.56. The molecule has 4 nitrogen and oxygen atoms in total. The van der Waals surface area contributed by atoms with E-state index in [2.05, 4.69) is 9.88 Å². The lowest BCUT2D eigenvalue weighted by Gasteiger charge is -2.47. The van der Waals surface area contributed by atoms with Crippen LogP contribution in [-0.2, 0) is 4.74 Å². The summed E-state index contributed by atoms with van der Waals surface area (Å²) in [6, 6.07) is 3.86. The topological polar surface area (TPSA) is 51.4 Å². The Balaban J connectivity index is 1.79. The summed E-state index contributed by atoms with van der Waals surface area (Å²) in [5.74, 6) is 0.576. The lowest BCUT2D eigenvalue weighted by molar-refractivity contribution is -0.133. The number of fused-ring (bicyclic) bond motifs is 2. The van der Waals surface area contributed by atoms with E-state index in [1.54, 1.807) is 0 Å². The minimum absolute atomic E-state index is 0.436. The van der Waals surface area contributed by atoms with Crippen LogP contribution in [0.3, 0.4) is 0 Å². The van der Waals surface area contributed by atoms with Gasteiger partial charge in [-0.25, -0.2) is 4.98 Å². The molecule has 0 amide bonds. The Kier molecular flexibility index (Phi) is 1.64. The maximum Gasteiger partial charge on any atom is 0.123 e. The van der Waals surface area contributed by atoms with Crippen LogP contribution in [0, 0.1) is 0 Å². The number of pyridine rings is 1. The highest BCUT2D eigenvalue weighted by Crippen LogP contribution is 2.30. The molecule has 4 heteroatoms. The molecule has 1 aromatic heterocycles. The highest BCUT2D eigenvalue weighted by molar-refractivity contribution is 5.49. The van der Waals surface area contributed by atoms with Crippen molar-refractivity contribution >= 4 is 11.5 Å². The fourth-order valence-electron chi connectivity index (χ4n) is 2.15. The molecule has 3 fully saturated rings. The van der Waals surface area contributed by atoms with E-state index < -0.39 is 0 Å². The normalized spacial score (nSPS) is 29.9. The third-order valence-corrected chi connectivity index (χ3v) is 2.89. The van der Waals surface area contributed by atoms with Gasteiger partial charge < -0.3 is 15.4 Å². The van der Waals surface area contributed by atoms with Gasteiger partial charge in [0.2, 0.25) is 0 Å². The van der Waals surface area contributed by atoms with Crippen molar-refractivity contribution in [1.29, 1.82) is 0 Å². The largest absolute Gasteiger partial charge is 0.384 e. The minimum Gasteiger partial charge on any atom is -0.384 e. The van der Waals surface area contributed by atoms with Crippen molar-refractivity contribution in [1.82, 2.24) is 4.98 Å². The van der Waals surface area contributed by atoms with Gasteiger partial charge in [0.15, 0.2) is 0 Å². The van der Waals surface area contributed by atoms with Crippen LogP contribution in [0.2, 0.25) is 0 Å². The highest BCUT2D eigenvalue weighted by atomic mass is 16.5. The van der Waals surface area contributed by atoms with Crippen molar-refractivity contribution in [3.8, 4) is 0 Å². The van der Waals surface area contributed by atoms with E-state index in [1.807, 2.05) is 18.3 Å². The van der Waals surface area contributed by atoms with Gasteiger partial charge in [-0.05, 0) is 12.1 Å². The molecule has 0 spiro atoms. The summed E-state index contributed by atoms with van der Waals surface area (Å²) in [6.07, 6.45) is 3.93. The molecule has 0 aromatic carbocycles. The smallest absolute Gasteiger partial charge is 0.123 e. The van der Waals surface area contributed by atoms with Gasteiger partial charge in [0.05, 0.1) is 24.1 Å². The number of piperidine rings is 1. The third-order valence-electron chi connectivity index (χ3n) is 2.89. The molecule has 1 aromatic rings. The summed E-state index contributed by atoms with van der Waals surface area (Å²) in [6.45, 7) is 1.98. The summed E-state index contributed by atoms with van der Waals surface area (Å²) in [5.41, 5.74) is 6.69. The maximum atomic E-state index is 5.56. The SMILES string of the molecule is Nc1ccc(N2CC3CC(C2)O3)cn1. The zero-order valence-electron chi connectivity index (χ0n) is 7.89. The van der Waals surface area contributed by atoms with E-state index in [-0.39, 0.29) is 0 Å². The number of nitrogen functional groups attached to an aromatic ring is 1. The number of ether oxygens (including phenoxy) is 1. The summed E-state index contributed by atoms with van der Waals surface area (Å²) in [5, 5.41) is 0. The van der Waals surface area contributed by atoms with Crippen molar-refractivity contribution in [2.24, 2.45) is 0 Å². The Hall–Kier alpha value is -1.29. The van der Waals surface area contributed by atoms with Gasteiger partial charge in [0, 0.05) is 19.5 Å². The van der Waals surface area contributed by atoms with Gasteiger partial charge in [0.1, 0.15) is 5.82 Å². The first-order chi connectivity index (χ1) is 6.81. The molecular weight excluding hydrogens is 178 g/mol. The van der Waals surface area contributed by atoms with Gasteiger partial charge in [-0.1, -0.05) is 0 Å². The molecule has 3 saturated heterocycles. The van der Waals surface area contributed by atoms with E-state index in [0.717, 1.165) is 18.8 Å². The monoisotopic (exact) mass is 191 g/mol. The number of anilines is 2. The zero-order chi connectivity index (χ0) is 9.54. The van der Waals surface area contributed by atoms with Crippen molar-refractivity contribution in [3.63, 3.8) is 0 Å². The highest BCUT2D eigenvalue weighted by Gasteiger charge is 2.38. The number of aromatic nitrogens is 1. The average Bonchev–Trinajstić information content (AvgIpc) is 2.18. The summed E-state index contributed by atoms with van der Waals surface area (Å²) >= 11 is 0. The predicted molar refractivity (Wildman–Crippen MR) is 54.1 cm³/mol. The molecular formula is C10H13N3O. The van der Waals surface area contributed by atoms with Crippen LogP contribution in [0.1, 0.15) is 6.42 Å². The molecule has 2 N–H and O–H groups in total. The van der Waals surface area contributed by atoms with Crippen LogP contribution >= 0.6 is 0 Å². The Morgan fingerprint density at radius 3 is 2.64 bits per heavy atom. The first-order valence-corrected chi connectivity index (χ1v) is 4.93. The second kappa shape index (κ2) is 2.85. The standard InChI is InChI=1S/C10H13N3O/c11-10-2-1-7(4-12-10)13-5-8-3-9(6-13)14-8/h1-2,4,8-9H,3,5-6H2,(H2,11,12). The van der Waals surface area contributed by atoms with Gasteiger partial charge >= 0.3 is 0 Å². The fraction of sp³-hybridized carbons (Fsp3) is 0.500. The fourth-order valence-corrected chi connectivity index (χ4v) is 2.15. The van der Waals surface area contributed by atoms with Crippen molar-refractivity contribution in [2.75, 3.05) is 23.7 Å². The third kappa shape index (κ3) is 1.23. The van der Waals surface area contributed by atoms with E-state index in [0.29, 0.717) is 18.0 Å². The van der Waals surface area contributed by atoms with Crippen LogP contribution in [0.5, 0.6) is 0 Å². The number of rotatable bonds is 1. The van der Waals surface area contributed by atoms with E-state index in [1.165, 1.54) is 6.42 Å². The molecule has 0 radical (unpaired) electrons. The predicted octanol–water partition coefficient (Wildman–Crippen LogP) is 0.641. The van der Waals surface area contributed by atoms with Gasteiger partial charge in [-0.2, -0.15) is 0 Å².